The fourth-order valence-electron chi connectivity index (χ4n) is 18.7. The van der Waals surface area contributed by atoms with Gasteiger partial charge in [0.1, 0.15) is 5.58 Å². The molecule has 0 radical (unpaired) electrons. The highest BCUT2D eigenvalue weighted by atomic mass is 16.3. The molecule has 0 saturated heterocycles. The monoisotopic (exact) mass is 1050 g/mol. The third-order valence-corrected chi connectivity index (χ3v) is 24.5. The van der Waals surface area contributed by atoms with E-state index >= 15 is 0 Å². The quantitative estimate of drug-likeness (QED) is 0.244. The maximum atomic E-state index is 7.95. The Labute approximate surface area is 477 Å². The van der Waals surface area contributed by atoms with E-state index in [9.17, 15) is 0 Å². The Morgan fingerprint density at radius 2 is 1.25 bits per heavy atom. The number of fused-ring (bicyclic) bond motifs is 9. The van der Waals surface area contributed by atoms with Gasteiger partial charge in [0.15, 0.2) is 0 Å². The molecule has 3 heterocycles. The van der Waals surface area contributed by atoms with E-state index in [-0.39, 0.29) is 62.1 Å². The van der Waals surface area contributed by atoms with Crippen LogP contribution in [0.1, 0.15) is 217 Å². The van der Waals surface area contributed by atoms with E-state index < -0.39 is 0 Å². The first-order valence-corrected chi connectivity index (χ1v) is 31.7. The Morgan fingerprint density at radius 1 is 0.595 bits per heavy atom. The van der Waals surface area contributed by atoms with Gasteiger partial charge in [-0.25, -0.2) is 0 Å². The van der Waals surface area contributed by atoms with Gasteiger partial charge in [0.05, 0.1) is 23.4 Å². The first-order chi connectivity index (χ1) is 37.0. The second-order valence-corrected chi connectivity index (χ2v) is 33.2. The van der Waals surface area contributed by atoms with Crippen molar-refractivity contribution in [3.63, 3.8) is 0 Å². The van der Waals surface area contributed by atoms with Crippen molar-refractivity contribution in [1.82, 2.24) is 4.90 Å². The van der Waals surface area contributed by atoms with Crippen LogP contribution in [0.4, 0.5) is 5.69 Å². The largest absolute Gasteiger partial charge is 0.468 e. The number of hydrogen-bond acceptors (Lipinski definition) is 3. The van der Waals surface area contributed by atoms with E-state index in [1.807, 2.05) is 0 Å². The number of anilines is 1. The molecule has 5 atom stereocenters. The van der Waals surface area contributed by atoms with E-state index in [1.165, 1.54) is 113 Å². The average Bonchev–Trinajstić information content (AvgIpc) is 3.69. The van der Waals surface area contributed by atoms with Crippen molar-refractivity contribution in [3.8, 4) is 0 Å². The number of benzene rings is 2. The van der Waals surface area contributed by atoms with Gasteiger partial charge in [-0.15, -0.1) is 0 Å². The van der Waals surface area contributed by atoms with Crippen molar-refractivity contribution < 1.29 is 4.42 Å². The van der Waals surface area contributed by atoms with Crippen LogP contribution < -0.4 is 10.6 Å². The summed E-state index contributed by atoms with van der Waals surface area (Å²) >= 11 is 0. The number of hydrogen-bond donors (Lipinski definition) is 0. The number of allylic oxidation sites excluding steroid dienone is 10. The summed E-state index contributed by atoms with van der Waals surface area (Å²) in [6, 6.07) is 14.7. The molecule has 1 aromatic heterocycles. The molecule has 0 amide bonds. The molecule has 3 aromatic rings. The molecular weight excluding hydrogens is 956 g/mol. The van der Waals surface area contributed by atoms with Gasteiger partial charge in [-0.2, -0.15) is 0 Å². The van der Waals surface area contributed by atoms with Crippen LogP contribution in [0.15, 0.2) is 139 Å². The molecule has 79 heavy (non-hydrogen) atoms. The molecule has 414 valence electrons. The summed E-state index contributed by atoms with van der Waals surface area (Å²) in [4.78, 5) is 5.98. The lowest BCUT2D eigenvalue weighted by Crippen LogP contribution is -2.59. The third kappa shape index (κ3) is 7.68. The van der Waals surface area contributed by atoms with Crippen molar-refractivity contribution in [2.45, 2.75) is 224 Å². The highest BCUT2D eigenvalue weighted by Crippen LogP contribution is 2.63. The molecule has 2 aromatic carbocycles. The fraction of sp³-hybridized carbons (Fsp3) is 0.573. The van der Waals surface area contributed by atoms with Crippen LogP contribution >= 0.6 is 0 Å². The van der Waals surface area contributed by atoms with Crippen LogP contribution in [0.5, 0.6) is 0 Å². The molecule has 0 bridgehead atoms. The average molecular weight is 1050 g/mol. The van der Waals surface area contributed by atoms with Crippen LogP contribution in [0.25, 0.3) is 17.0 Å². The summed E-state index contributed by atoms with van der Waals surface area (Å²) in [5, 5.41) is 1.32. The van der Waals surface area contributed by atoms with E-state index in [0.29, 0.717) is 17.8 Å². The molecule has 14 rings (SSSR count). The lowest BCUT2D eigenvalue weighted by Gasteiger charge is -2.57. The molecule has 0 spiro atoms. The highest BCUT2D eigenvalue weighted by molar-refractivity contribution is 6.88. The summed E-state index contributed by atoms with van der Waals surface area (Å²) in [5.74, 6) is 1.41. The van der Waals surface area contributed by atoms with Gasteiger partial charge >= 0.3 is 0 Å². The second-order valence-electron chi connectivity index (χ2n) is 33.2. The van der Waals surface area contributed by atoms with E-state index in [0.717, 1.165) is 37.7 Å². The zero-order valence-corrected chi connectivity index (χ0v) is 52.0. The number of furan rings is 1. The van der Waals surface area contributed by atoms with Crippen LogP contribution in [0.2, 0.25) is 0 Å². The Morgan fingerprint density at radius 3 is 2.00 bits per heavy atom. The predicted octanol–water partition coefficient (Wildman–Crippen LogP) is 19.1. The van der Waals surface area contributed by atoms with Gasteiger partial charge < -0.3 is 14.2 Å². The Balaban J connectivity index is 1.07. The third-order valence-electron chi connectivity index (χ3n) is 24.5. The summed E-state index contributed by atoms with van der Waals surface area (Å²) in [6.45, 7) is 43.3. The van der Waals surface area contributed by atoms with Gasteiger partial charge in [-0.05, 0) is 226 Å². The molecule has 3 nitrogen and oxygen atoms in total. The van der Waals surface area contributed by atoms with Crippen molar-refractivity contribution in [1.29, 1.82) is 0 Å². The van der Waals surface area contributed by atoms with Crippen LogP contribution in [0, 0.1) is 50.2 Å². The van der Waals surface area contributed by atoms with Crippen molar-refractivity contribution in [3.05, 3.63) is 157 Å². The summed E-state index contributed by atoms with van der Waals surface area (Å²) in [5.41, 5.74) is 27.8. The minimum absolute atomic E-state index is 0.0178. The van der Waals surface area contributed by atoms with E-state index in [4.69, 9.17) is 4.42 Å². The molecule has 11 aliphatic rings. The Bertz CT molecular complexity index is 3490. The van der Waals surface area contributed by atoms with E-state index in [1.54, 1.807) is 39.0 Å². The zero-order chi connectivity index (χ0) is 55.7. The van der Waals surface area contributed by atoms with Crippen LogP contribution in [-0.2, 0) is 17.3 Å². The van der Waals surface area contributed by atoms with Crippen molar-refractivity contribution in [2.24, 2.45) is 50.2 Å². The van der Waals surface area contributed by atoms with Gasteiger partial charge in [-0.3, -0.25) is 0 Å². The van der Waals surface area contributed by atoms with Crippen LogP contribution in [0.3, 0.4) is 0 Å². The maximum absolute atomic E-state index is 7.95. The lowest BCUT2D eigenvalue weighted by atomic mass is 9.31. The van der Waals surface area contributed by atoms with Gasteiger partial charge in [-0.1, -0.05) is 182 Å². The zero-order valence-electron chi connectivity index (χ0n) is 52.0. The Hall–Kier alpha value is -4.70. The first-order valence-electron chi connectivity index (χ1n) is 31.7. The Kier molecular flexibility index (Phi) is 11.1. The minimum atomic E-state index is 0.0178. The summed E-state index contributed by atoms with van der Waals surface area (Å²) < 4.78 is 7.95. The van der Waals surface area contributed by atoms with Crippen molar-refractivity contribution >= 4 is 35.1 Å². The van der Waals surface area contributed by atoms with Gasteiger partial charge in [0.2, 0.25) is 0 Å². The second kappa shape index (κ2) is 16.7. The number of rotatable bonds is 3. The fourth-order valence-corrected chi connectivity index (χ4v) is 18.7. The SMILES string of the molecule is CC1=CC2=C3B(C4=C(CC5C(=C4)C(C)(C)CCC5(C)C)N2C2CC4=C(C=C2C2=Cc5ccccc5CC2)C(C)(C)CCC4(C)C)c2oc4cc5c(cc4c2N(C2=CC4[C@@H](C=C2)C(C)(C)CCC4(C)C)C3C1)C(C)(C)CCC5(C)C. The minimum Gasteiger partial charge on any atom is -0.468 e. The standard InChI is InChI=1S/C75H95BN2O/c1-44-34-62-65-63(35-44)78(60-41-56-53(70(6,7)28-31-73(56,12)13)38-49(60)47-23-22-45-20-18-19-21-46(45)36-47)61-42-57-55(72(10,11)30-32-74(57,14)15)40-59(61)76(65)67-66(50-39-54-58(43-64(50)79-67)75(16,17)33-29-71(54,8)9)77(62)48-24-25-51-52(37-48)69(4,5)27-26-68(51,2)3/h18-21,24-25,35-40,43,51-52,57,60,62H,22-23,26-34,41-42H2,1-17H3/t51-,52?,57?,60?,62?/m1/s1. The van der Waals surface area contributed by atoms with Gasteiger partial charge in [0.25, 0.3) is 6.71 Å². The molecule has 4 heteroatoms. The van der Waals surface area contributed by atoms with Crippen molar-refractivity contribution in [2.75, 3.05) is 4.90 Å². The van der Waals surface area contributed by atoms with E-state index in [2.05, 4.69) is 206 Å². The molecule has 2 fully saturated rings. The lowest BCUT2D eigenvalue weighted by molar-refractivity contribution is 0.0326. The smallest absolute Gasteiger partial charge is 0.292 e. The molecule has 4 unspecified atom stereocenters. The summed E-state index contributed by atoms with van der Waals surface area (Å²) in [7, 11) is 0. The number of nitrogens with zero attached hydrogens (tertiary/aromatic N) is 2. The predicted molar refractivity (Wildman–Crippen MR) is 334 cm³/mol. The molecular formula is C75H95BN2O. The topological polar surface area (TPSA) is 19.6 Å². The maximum Gasteiger partial charge on any atom is 0.292 e. The molecule has 2 aliphatic heterocycles. The first kappa shape index (κ1) is 52.4. The normalized spacial score (nSPS) is 31.5. The highest BCUT2D eigenvalue weighted by Gasteiger charge is 2.58. The molecule has 2 saturated carbocycles. The van der Waals surface area contributed by atoms with Gasteiger partial charge in [0, 0.05) is 22.5 Å². The molecule has 0 N–H and O–H groups in total. The molecule has 9 aliphatic carbocycles. The summed E-state index contributed by atoms with van der Waals surface area (Å²) in [6.07, 6.45) is 34.1. The van der Waals surface area contributed by atoms with Crippen LogP contribution in [-0.4, -0.2) is 23.7 Å². The number of aryl methyl sites for hydroxylation is 1.